The highest BCUT2D eigenvalue weighted by Gasteiger charge is 2.24. The van der Waals surface area contributed by atoms with Crippen molar-refractivity contribution in [3.63, 3.8) is 0 Å². The van der Waals surface area contributed by atoms with E-state index in [4.69, 9.17) is 4.52 Å². The molecule has 0 saturated carbocycles. The van der Waals surface area contributed by atoms with Crippen LogP contribution in [0.25, 0.3) is 22.6 Å². The molecular weight excluding hydrogens is 386 g/mol. The zero-order chi connectivity index (χ0) is 20.7. The number of anilines is 1. The molecule has 30 heavy (non-hydrogen) atoms. The summed E-state index contributed by atoms with van der Waals surface area (Å²) in [6, 6.07) is 18.0. The third-order valence-corrected chi connectivity index (χ3v) is 5.23. The molecular formula is C24H16F2N2O2. The highest BCUT2D eigenvalue weighted by atomic mass is 19.1. The largest absolute Gasteiger partial charge is 0.355 e. The van der Waals surface area contributed by atoms with Crippen molar-refractivity contribution in [1.82, 2.24) is 5.16 Å². The van der Waals surface area contributed by atoms with Crippen molar-refractivity contribution in [2.24, 2.45) is 0 Å². The number of aryl methyl sites for hydroxylation is 1. The summed E-state index contributed by atoms with van der Waals surface area (Å²) in [6.07, 6.45) is 1.77. The Balaban J connectivity index is 1.39. The van der Waals surface area contributed by atoms with Gasteiger partial charge in [0, 0.05) is 34.0 Å². The number of nitrogens with zero attached hydrogens (tertiary/aromatic N) is 1. The summed E-state index contributed by atoms with van der Waals surface area (Å²) in [7, 11) is 0. The average molecular weight is 402 g/mol. The van der Waals surface area contributed by atoms with Crippen LogP contribution < -0.4 is 5.32 Å². The van der Waals surface area contributed by atoms with Crippen LogP contribution in [0, 0.1) is 11.6 Å². The fourth-order valence-corrected chi connectivity index (χ4v) is 3.80. The third kappa shape index (κ3) is 3.26. The van der Waals surface area contributed by atoms with Gasteiger partial charge >= 0.3 is 0 Å². The number of benzene rings is 3. The summed E-state index contributed by atoms with van der Waals surface area (Å²) in [5, 5.41) is 6.93. The molecule has 0 aliphatic heterocycles. The van der Waals surface area contributed by atoms with Crippen LogP contribution in [0.5, 0.6) is 0 Å². The van der Waals surface area contributed by atoms with Crippen molar-refractivity contribution >= 4 is 11.6 Å². The lowest BCUT2D eigenvalue weighted by atomic mass is 9.88. The van der Waals surface area contributed by atoms with Crippen molar-refractivity contribution in [1.29, 1.82) is 0 Å². The number of amides is 1. The van der Waals surface area contributed by atoms with Gasteiger partial charge in [0.05, 0.1) is 0 Å². The van der Waals surface area contributed by atoms with Gasteiger partial charge in [-0.3, -0.25) is 4.79 Å². The predicted molar refractivity (Wildman–Crippen MR) is 109 cm³/mol. The molecule has 0 saturated heterocycles. The van der Waals surface area contributed by atoms with E-state index in [1.807, 2.05) is 30.3 Å². The molecule has 0 spiro atoms. The molecule has 1 N–H and O–H groups in total. The van der Waals surface area contributed by atoms with E-state index in [0.29, 0.717) is 11.4 Å². The molecule has 0 radical (unpaired) electrons. The first-order valence-corrected chi connectivity index (χ1v) is 9.53. The fourth-order valence-electron chi connectivity index (χ4n) is 3.80. The van der Waals surface area contributed by atoms with Gasteiger partial charge in [-0.15, -0.1) is 0 Å². The lowest BCUT2D eigenvalue weighted by Crippen LogP contribution is -2.12. The van der Waals surface area contributed by atoms with Gasteiger partial charge in [0.25, 0.3) is 5.91 Å². The molecule has 5 rings (SSSR count). The predicted octanol–water partition coefficient (Wildman–Crippen LogP) is 5.64. The van der Waals surface area contributed by atoms with E-state index in [0.717, 1.165) is 53.4 Å². The van der Waals surface area contributed by atoms with Gasteiger partial charge in [-0.05, 0) is 54.8 Å². The van der Waals surface area contributed by atoms with E-state index < -0.39 is 17.5 Å². The number of carbonyl (C=O) groups is 1. The fraction of sp³-hybridized carbons (Fsp3) is 0.0833. The molecule has 0 atom stereocenters. The minimum absolute atomic E-state index is 0.0838. The molecule has 1 heterocycles. The van der Waals surface area contributed by atoms with Gasteiger partial charge in [0.1, 0.15) is 17.3 Å². The van der Waals surface area contributed by atoms with Crippen LogP contribution in [0.2, 0.25) is 0 Å². The van der Waals surface area contributed by atoms with Crippen LogP contribution in [0.3, 0.4) is 0 Å². The number of fused-ring (bicyclic) bond motifs is 3. The zero-order valence-corrected chi connectivity index (χ0v) is 15.8. The van der Waals surface area contributed by atoms with Gasteiger partial charge < -0.3 is 9.84 Å². The molecule has 1 aliphatic rings. The third-order valence-electron chi connectivity index (χ3n) is 5.23. The van der Waals surface area contributed by atoms with Gasteiger partial charge in [0.15, 0.2) is 5.76 Å². The zero-order valence-electron chi connectivity index (χ0n) is 15.8. The van der Waals surface area contributed by atoms with E-state index in [-0.39, 0.29) is 5.56 Å². The van der Waals surface area contributed by atoms with Crippen LogP contribution in [0.15, 0.2) is 71.3 Å². The van der Waals surface area contributed by atoms with E-state index in [2.05, 4.69) is 16.5 Å². The SMILES string of the molecule is O=C(Nc1ccc(-c2onc3c2CCc2ccccc2-3)cc1)c1cc(F)cc(F)c1. The first-order valence-electron chi connectivity index (χ1n) is 9.53. The van der Waals surface area contributed by atoms with E-state index >= 15 is 0 Å². The summed E-state index contributed by atoms with van der Waals surface area (Å²) in [5.41, 5.74) is 5.57. The smallest absolute Gasteiger partial charge is 0.255 e. The van der Waals surface area contributed by atoms with Crippen molar-refractivity contribution in [2.45, 2.75) is 12.8 Å². The summed E-state index contributed by atoms with van der Waals surface area (Å²) in [4.78, 5) is 12.3. The van der Waals surface area contributed by atoms with Crippen LogP contribution in [-0.4, -0.2) is 11.1 Å². The Labute approximate surface area is 171 Å². The molecule has 1 aromatic heterocycles. The normalized spacial score (nSPS) is 12.2. The molecule has 3 aromatic carbocycles. The molecule has 4 nitrogen and oxygen atoms in total. The Morgan fingerprint density at radius 2 is 1.67 bits per heavy atom. The van der Waals surface area contributed by atoms with Crippen molar-refractivity contribution in [2.75, 3.05) is 5.32 Å². The minimum Gasteiger partial charge on any atom is -0.355 e. The molecule has 148 valence electrons. The van der Waals surface area contributed by atoms with Crippen molar-refractivity contribution in [3.05, 3.63) is 95.1 Å². The second-order valence-electron chi connectivity index (χ2n) is 7.19. The summed E-state index contributed by atoms with van der Waals surface area (Å²) >= 11 is 0. The van der Waals surface area contributed by atoms with E-state index in [1.165, 1.54) is 5.56 Å². The topological polar surface area (TPSA) is 55.1 Å². The Kier molecular flexibility index (Phi) is 4.39. The number of hydrogen-bond acceptors (Lipinski definition) is 3. The van der Waals surface area contributed by atoms with Crippen LogP contribution in [0.1, 0.15) is 21.5 Å². The molecule has 0 bridgehead atoms. The van der Waals surface area contributed by atoms with E-state index in [1.54, 1.807) is 12.1 Å². The second-order valence-corrected chi connectivity index (χ2v) is 7.19. The first kappa shape index (κ1) is 18.2. The molecule has 6 heteroatoms. The quantitative estimate of drug-likeness (QED) is 0.483. The Morgan fingerprint density at radius 1 is 0.933 bits per heavy atom. The maximum absolute atomic E-state index is 13.3. The number of carbonyl (C=O) groups excluding carboxylic acids is 1. The first-order chi connectivity index (χ1) is 14.6. The Hall–Kier alpha value is -3.80. The lowest BCUT2D eigenvalue weighted by molar-refractivity contribution is 0.102. The highest BCUT2D eigenvalue weighted by molar-refractivity contribution is 6.04. The standard InChI is InChI=1S/C24H16F2N2O2/c25-17-11-16(12-18(26)13-17)24(29)27-19-8-5-15(6-9-19)23-21-10-7-14-3-1-2-4-20(14)22(21)28-30-23/h1-6,8-9,11-13H,7,10H2,(H,27,29). The Bertz CT molecular complexity index is 1240. The summed E-state index contributed by atoms with van der Waals surface area (Å²) < 4.78 is 32.3. The Morgan fingerprint density at radius 3 is 2.43 bits per heavy atom. The molecule has 0 fully saturated rings. The monoisotopic (exact) mass is 402 g/mol. The molecule has 4 aromatic rings. The number of rotatable bonds is 3. The van der Waals surface area contributed by atoms with Crippen LogP contribution in [0.4, 0.5) is 14.5 Å². The maximum atomic E-state index is 13.3. The number of halogens is 2. The molecule has 1 aliphatic carbocycles. The number of hydrogen-bond donors (Lipinski definition) is 1. The van der Waals surface area contributed by atoms with Gasteiger partial charge in [-0.1, -0.05) is 29.4 Å². The molecule has 1 amide bonds. The minimum atomic E-state index is -0.799. The van der Waals surface area contributed by atoms with Crippen LogP contribution >= 0.6 is 0 Å². The number of nitrogens with one attached hydrogen (secondary N) is 1. The summed E-state index contributed by atoms with van der Waals surface area (Å²) in [5.74, 6) is -1.47. The highest BCUT2D eigenvalue weighted by Crippen LogP contribution is 2.38. The van der Waals surface area contributed by atoms with Crippen LogP contribution in [-0.2, 0) is 12.8 Å². The lowest BCUT2D eigenvalue weighted by Gasteiger charge is -2.14. The number of aromatic nitrogens is 1. The summed E-state index contributed by atoms with van der Waals surface area (Å²) in [6.45, 7) is 0. The second kappa shape index (κ2) is 7.22. The van der Waals surface area contributed by atoms with Gasteiger partial charge in [0.2, 0.25) is 0 Å². The van der Waals surface area contributed by atoms with Crippen molar-refractivity contribution < 1.29 is 18.1 Å². The van der Waals surface area contributed by atoms with E-state index in [9.17, 15) is 13.6 Å². The van der Waals surface area contributed by atoms with Crippen molar-refractivity contribution in [3.8, 4) is 22.6 Å². The maximum Gasteiger partial charge on any atom is 0.255 e. The van der Waals surface area contributed by atoms with Gasteiger partial charge in [-0.25, -0.2) is 8.78 Å². The molecule has 0 unspecified atom stereocenters. The van der Waals surface area contributed by atoms with Gasteiger partial charge in [-0.2, -0.15) is 0 Å². The average Bonchev–Trinajstić information content (AvgIpc) is 3.18.